The highest BCUT2D eigenvalue weighted by atomic mass is 35.5. The number of amides is 1. The minimum Gasteiger partial charge on any atom is -0.334 e. The smallest absolute Gasteiger partial charge is 0.334 e. The molecule has 2 N–H and O–H groups in total. The highest BCUT2D eigenvalue weighted by Gasteiger charge is 2.34. The monoisotopic (exact) mass is 291 g/mol. The molecule has 0 spiro atoms. The van der Waals surface area contributed by atoms with Crippen molar-refractivity contribution in [2.75, 3.05) is 11.2 Å². The van der Waals surface area contributed by atoms with Crippen molar-refractivity contribution in [3.05, 3.63) is 24.0 Å². The zero-order valence-corrected chi connectivity index (χ0v) is 10.3. The molecule has 1 heterocycles. The van der Waals surface area contributed by atoms with E-state index in [1.54, 1.807) is 0 Å². The molecule has 0 unspecified atom stereocenters. The molecular weight excluding hydrogens is 283 g/mol. The molecule has 0 atom stereocenters. The van der Waals surface area contributed by atoms with Gasteiger partial charge in [0.25, 0.3) is 0 Å². The van der Waals surface area contributed by atoms with Crippen LogP contribution in [0.15, 0.2) is 18.2 Å². The summed E-state index contributed by atoms with van der Waals surface area (Å²) in [6, 6.07) is 4.27. The first kappa shape index (κ1) is 13.7. The summed E-state index contributed by atoms with van der Waals surface area (Å²) in [5, 5.41) is 2.53. The lowest BCUT2D eigenvalue weighted by atomic mass is 10.2. The van der Waals surface area contributed by atoms with E-state index in [0.29, 0.717) is 5.69 Å². The van der Waals surface area contributed by atoms with Crippen LogP contribution in [0.4, 0.5) is 18.9 Å². The van der Waals surface area contributed by atoms with Gasteiger partial charge in [-0.25, -0.2) is 4.98 Å². The molecule has 8 heteroatoms. The maximum Gasteiger partial charge on any atom is 0.449 e. The Morgan fingerprint density at radius 3 is 2.79 bits per heavy atom. The second-order valence-corrected chi connectivity index (χ2v) is 4.18. The van der Waals surface area contributed by atoms with Crippen LogP contribution in [0.1, 0.15) is 12.2 Å². The largest absolute Gasteiger partial charge is 0.449 e. The number of benzene rings is 1. The van der Waals surface area contributed by atoms with E-state index in [0.717, 1.165) is 0 Å². The molecule has 0 radical (unpaired) electrons. The number of H-pyrrole nitrogens is 1. The molecule has 1 aromatic carbocycles. The average molecular weight is 292 g/mol. The number of aromatic amines is 1. The Morgan fingerprint density at radius 1 is 1.42 bits per heavy atom. The topological polar surface area (TPSA) is 57.8 Å². The second kappa shape index (κ2) is 5.08. The van der Waals surface area contributed by atoms with Gasteiger partial charge in [0.1, 0.15) is 0 Å². The second-order valence-electron chi connectivity index (χ2n) is 3.80. The molecule has 1 aromatic heterocycles. The van der Waals surface area contributed by atoms with Crippen LogP contribution in [0.25, 0.3) is 11.0 Å². The molecule has 2 rings (SSSR count). The Bertz CT molecular complexity index is 609. The van der Waals surface area contributed by atoms with Gasteiger partial charge < -0.3 is 10.3 Å². The summed E-state index contributed by atoms with van der Waals surface area (Å²) in [5.41, 5.74) is 0.777. The molecule has 0 aliphatic carbocycles. The number of halogens is 4. The molecule has 1 amide bonds. The number of fused-ring (bicyclic) bond motifs is 1. The van der Waals surface area contributed by atoms with E-state index in [1.807, 2.05) is 0 Å². The molecule has 0 saturated carbocycles. The van der Waals surface area contributed by atoms with Gasteiger partial charge in [0.15, 0.2) is 0 Å². The first-order chi connectivity index (χ1) is 8.90. The standard InChI is InChI=1S/C11H9ClF3N3O/c12-4-3-9(19)16-6-1-2-7-8(5-6)18-10(17-7)11(13,14)15/h1-2,5H,3-4H2,(H,16,19)(H,17,18). The number of rotatable bonds is 3. The van der Waals surface area contributed by atoms with E-state index in [-0.39, 0.29) is 29.2 Å². The number of anilines is 1. The van der Waals surface area contributed by atoms with Crippen LogP contribution < -0.4 is 5.32 Å². The van der Waals surface area contributed by atoms with Crippen molar-refractivity contribution in [3.8, 4) is 0 Å². The van der Waals surface area contributed by atoms with Gasteiger partial charge in [0.2, 0.25) is 11.7 Å². The summed E-state index contributed by atoms with van der Waals surface area (Å²) >= 11 is 5.41. The van der Waals surface area contributed by atoms with Gasteiger partial charge in [-0.3, -0.25) is 4.79 Å². The van der Waals surface area contributed by atoms with E-state index in [4.69, 9.17) is 11.6 Å². The third-order valence-corrected chi connectivity index (χ3v) is 2.54. The van der Waals surface area contributed by atoms with Crippen LogP contribution in [-0.4, -0.2) is 21.8 Å². The van der Waals surface area contributed by atoms with Crippen molar-refractivity contribution >= 4 is 34.2 Å². The van der Waals surface area contributed by atoms with Crippen molar-refractivity contribution in [2.45, 2.75) is 12.6 Å². The van der Waals surface area contributed by atoms with E-state index < -0.39 is 12.0 Å². The van der Waals surface area contributed by atoms with Gasteiger partial charge in [-0.2, -0.15) is 13.2 Å². The van der Waals surface area contributed by atoms with Crippen LogP contribution in [0.2, 0.25) is 0 Å². The third-order valence-electron chi connectivity index (χ3n) is 2.36. The van der Waals surface area contributed by atoms with Crippen molar-refractivity contribution in [1.82, 2.24) is 9.97 Å². The maximum absolute atomic E-state index is 12.5. The van der Waals surface area contributed by atoms with Crippen LogP contribution in [0.5, 0.6) is 0 Å². The number of alkyl halides is 4. The van der Waals surface area contributed by atoms with Crippen molar-refractivity contribution < 1.29 is 18.0 Å². The normalized spacial score (nSPS) is 11.8. The van der Waals surface area contributed by atoms with E-state index in [2.05, 4.69) is 15.3 Å². The van der Waals surface area contributed by atoms with Crippen molar-refractivity contribution in [3.63, 3.8) is 0 Å². The fourth-order valence-electron chi connectivity index (χ4n) is 1.53. The number of carbonyl (C=O) groups excluding carboxylic acids is 1. The highest BCUT2D eigenvalue weighted by molar-refractivity contribution is 6.19. The summed E-state index contributed by atoms with van der Waals surface area (Å²) in [6.45, 7) is 0. The number of aromatic nitrogens is 2. The molecule has 102 valence electrons. The molecule has 0 bridgehead atoms. The third kappa shape index (κ3) is 3.17. The van der Waals surface area contributed by atoms with Crippen LogP contribution in [0.3, 0.4) is 0 Å². The minimum atomic E-state index is -4.53. The number of imidazole rings is 1. The minimum absolute atomic E-state index is 0.135. The highest BCUT2D eigenvalue weighted by Crippen LogP contribution is 2.29. The average Bonchev–Trinajstić information content (AvgIpc) is 2.71. The molecule has 19 heavy (non-hydrogen) atoms. The zero-order chi connectivity index (χ0) is 14.0. The Kier molecular flexibility index (Phi) is 3.66. The number of hydrogen-bond acceptors (Lipinski definition) is 2. The van der Waals surface area contributed by atoms with Gasteiger partial charge in [0, 0.05) is 18.0 Å². The van der Waals surface area contributed by atoms with E-state index >= 15 is 0 Å². The fourth-order valence-corrected chi connectivity index (χ4v) is 1.70. The maximum atomic E-state index is 12.5. The lowest BCUT2D eigenvalue weighted by Crippen LogP contribution is -2.11. The van der Waals surface area contributed by atoms with Gasteiger partial charge in [0.05, 0.1) is 11.0 Å². The molecule has 0 fully saturated rings. The zero-order valence-electron chi connectivity index (χ0n) is 9.51. The van der Waals surface area contributed by atoms with Gasteiger partial charge >= 0.3 is 6.18 Å². The first-order valence-corrected chi connectivity index (χ1v) is 5.86. The van der Waals surface area contributed by atoms with Crippen molar-refractivity contribution in [1.29, 1.82) is 0 Å². The summed E-state index contributed by atoms with van der Waals surface area (Å²) in [5.74, 6) is -1.19. The quantitative estimate of drug-likeness (QED) is 0.854. The van der Waals surface area contributed by atoms with E-state index in [9.17, 15) is 18.0 Å². The number of hydrogen-bond donors (Lipinski definition) is 2. The molecule has 0 aliphatic rings. The van der Waals surface area contributed by atoms with Gasteiger partial charge in [-0.1, -0.05) is 0 Å². The molecule has 0 aliphatic heterocycles. The Balaban J connectivity index is 2.28. The molecular formula is C11H9ClF3N3O. The lowest BCUT2D eigenvalue weighted by Gasteiger charge is -2.03. The van der Waals surface area contributed by atoms with Crippen LogP contribution in [-0.2, 0) is 11.0 Å². The van der Waals surface area contributed by atoms with Crippen molar-refractivity contribution in [2.24, 2.45) is 0 Å². The fraction of sp³-hybridized carbons (Fsp3) is 0.273. The number of nitrogens with one attached hydrogen (secondary N) is 2. The van der Waals surface area contributed by atoms with E-state index in [1.165, 1.54) is 18.2 Å². The summed E-state index contributed by atoms with van der Waals surface area (Å²) in [4.78, 5) is 16.9. The Hall–Kier alpha value is -1.76. The van der Waals surface area contributed by atoms with Gasteiger partial charge in [-0.05, 0) is 18.2 Å². The van der Waals surface area contributed by atoms with Crippen LogP contribution >= 0.6 is 11.6 Å². The Labute approximate surface area is 111 Å². The SMILES string of the molecule is O=C(CCCl)Nc1ccc2nc(C(F)(F)F)[nH]c2c1. The van der Waals surface area contributed by atoms with Gasteiger partial charge in [-0.15, -0.1) is 11.6 Å². The molecule has 0 saturated heterocycles. The summed E-state index contributed by atoms with van der Waals surface area (Å²) in [6.07, 6.45) is -4.39. The van der Waals surface area contributed by atoms with Crippen LogP contribution in [0, 0.1) is 0 Å². The first-order valence-electron chi connectivity index (χ1n) is 5.33. The number of nitrogens with zero attached hydrogens (tertiary/aromatic N) is 1. The summed E-state index contributed by atoms with van der Waals surface area (Å²) < 4.78 is 37.4. The molecule has 2 aromatic rings. The number of carbonyl (C=O) groups is 1. The summed E-state index contributed by atoms with van der Waals surface area (Å²) in [7, 11) is 0. The Morgan fingerprint density at radius 2 is 2.16 bits per heavy atom. The lowest BCUT2D eigenvalue weighted by molar-refractivity contribution is -0.144. The predicted molar refractivity (Wildman–Crippen MR) is 65.1 cm³/mol. The molecule has 4 nitrogen and oxygen atoms in total. The predicted octanol–water partition coefficient (Wildman–Crippen LogP) is 3.15.